The Bertz CT molecular complexity index is 778. The van der Waals surface area contributed by atoms with E-state index in [2.05, 4.69) is 13.8 Å². The van der Waals surface area contributed by atoms with Crippen LogP contribution in [0.3, 0.4) is 0 Å². The van der Waals surface area contributed by atoms with Gasteiger partial charge >= 0.3 is 0 Å². The molecule has 148 valence electrons. The van der Waals surface area contributed by atoms with Crippen LogP contribution in [0.25, 0.3) is 0 Å². The number of Topliss-reactive ketones (excluding diaryl/α,β-unsaturated/α-hetero) is 2. The Balaban J connectivity index is 1.99. The summed E-state index contributed by atoms with van der Waals surface area (Å²) in [5.41, 5.74) is -1.95. The molecule has 2 fully saturated rings. The molecule has 4 rings (SSSR count). The second-order valence-corrected chi connectivity index (χ2v) is 9.57. The average molecular weight is 374 g/mol. The van der Waals surface area contributed by atoms with E-state index >= 15 is 0 Å². The van der Waals surface area contributed by atoms with Crippen LogP contribution in [0.1, 0.15) is 34.1 Å². The second-order valence-electron chi connectivity index (χ2n) is 9.57. The number of ether oxygens (including phenoxy) is 2. The van der Waals surface area contributed by atoms with Gasteiger partial charge in [-0.25, -0.2) is 0 Å². The Kier molecular flexibility index (Phi) is 3.96. The maximum absolute atomic E-state index is 14.0. The second kappa shape index (κ2) is 5.62. The minimum absolute atomic E-state index is 0.0334. The Labute approximate surface area is 160 Å². The van der Waals surface area contributed by atoms with Gasteiger partial charge in [-0.1, -0.05) is 32.9 Å². The zero-order valence-electron chi connectivity index (χ0n) is 17.0. The highest BCUT2D eigenvalue weighted by Crippen LogP contribution is 2.71. The first-order valence-corrected chi connectivity index (χ1v) is 9.82. The number of hydrogen-bond acceptors (Lipinski definition) is 5. The monoisotopic (exact) mass is 374 g/mol. The van der Waals surface area contributed by atoms with Gasteiger partial charge in [0.25, 0.3) is 0 Å². The number of methoxy groups -OCH3 is 2. The number of fused-ring (bicyclic) bond motifs is 3. The van der Waals surface area contributed by atoms with Gasteiger partial charge in [0.1, 0.15) is 6.10 Å². The van der Waals surface area contributed by atoms with Crippen molar-refractivity contribution in [2.75, 3.05) is 20.8 Å². The highest BCUT2D eigenvalue weighted by molar-refractivity contribution is 6.12. The maximum Gasteiger partial charge on any atom is 0.196 e. The normalized spacial score (nSPS) is 47.4. The molecule has 27 heavy (non-hydrogen) atoms. The van der Waals surface area contributed by atoms with Crippen molar-refractivity contribution in [2.45, 2.75) is 45.8 Å². The molecule has 1 N–H and O–H groups in total. The minimum Gasteiger partial charge on any atom is -0.380 e. The van der Waals surface area contributed by atoms with Crippen molar-refractivity contribution in [3.05, 3.63) is 23.3 Å². The molecular weight excluding hydrogens is 344 g/mol. The Hall–Kier alpha value is -1.30. The van der Waals surface area contributed by atoms with E-state index in [0.29, 0.717) is 11.5 Å². The molecule has 4 aliphatic carbocycles. The van der Waals surface area contributed by atoms with E-state index in [4.69, 9.17) is 9.47 Å². The lowest BCUT2D eigenvalue weighted by atomic mass is 9.59. The zero-order valence-corrected chi connectivity index (χ0v) is 17.0. The van der Waals surface area contributed by atoms with Gasteiger partial charge in [0.15, 0.2) is 17.2 Å². The third-order valence-electron chi connectivity index (χ3n) is 8.05. The van der Waals surface area contributed by atoms with E-state index in [1.165, 1.54) is 14.2 Å². The van der Waals surface area contributed by atoms with Crippen molar-refractivity contribution in [3.63, 3.8) is 0 Å². The number of allylic oxidation sites excluding steroid dienone is 1. The minimum atomic E-state index is -1.91. The van der Waals surface area contributed by atoms with Gasteiger partial charge < -0.3 is 14.6 Å². The van der Waals surface area contributed by atoms with E-state index in [0.717, 1.165) is 12.0 Å². The number of rotatable bonds is 3. The summed E-state index contributed by atoms with van der Waals surface area (Å²) in [5, 5.41) is 11.9. The first-order valence-electron chi connectivity index (χ1n) is 9.82. The average Bonchev–Trinajstić information content (AvgIpc) is 3.07. The molecule has 0 radical (unpaired) electrons. The van der Waals surface area contributed by atoms with Gasteiger partial charge in [-0.15, -0.1) is 0 Å². The molecule has 0 aromatic heterocycles. The van der Waals surface area contributed by atoms with Gasteiger partial charge in [0, 0.05) is 25.7 Å². The van der Waals surface area contributed by atoms with E-state index < -0.39 is 22.9 Å². The molecule has 0 aromatic rings. The summed E-state index contributed by atoms with van der Waals surface area (Å²) in [7, 11) is 3.01. The van der Waals surface area contributed by atoms with Crippen LogP contribution >= 0.6 is 0 Å². The first kappa shape index (κ1) is 19.0. The molecule has 0 aliphatic heterocycles. The number of ketones is 2. The molecule has 0 unspecified atom stereocenters. The zero-order chi connectivity index (χ0) is 19.9. The molecule has 2 saturated carbocycles. The van der Waals surface area contributed by atoms with Crippen molar-refractivity contribution >= 4 is 11.6 Å². The molecule has 5 heteroatoms. The van der Waals surface area contributed by atoms with Gasteiger partial charge in [-0.05, 0) is 42.1 Å². The van der Waals surface area contributed by atoms with Gasteiger partial charge in [-0.2, -0.15) is 0 Å². The Morgan fingerprint density at radius 3 is 2.52 bits per heavy atom. The molecule has 4 aliphatic rings. The molecular formula is C22H30O5. The predicted molar refractivity (Wildman–Crippen MR) is 99.9 cm³/mol. The van der Waals surface area contributed by atoms with E-state index in [1.807, 2.05) is 19.9 Å². The third kappa shape index (κ3) is 2.00. The van der Waals surface area contributed by atoms with Crippen LogP contribution in [0.2, 0.25) is 0 Å². The lowest BCUT2D eigenvalue weighted by molar-refractivity contribution is -0.176. The van der Waals surface area contributed by atoms with Crippen molar-refractivity contribution in [3.8, 4) is 0 Å². The molecule has 2 bridgehead atoms. The molecule has 1 spiro atoms. The smallest absolute Gasteiger partial charge is 0.196 e. The first-order chi connectivity index (χ1) is 12.6. The maximum atomic E-state index is 14.0. The number of carbonyl (C=O) groups excluding carboxylic acids is 2. The fraction of sp³-hybridized carbons (Fsp3) is 0.727. The Morgan fingerprint density at radius 1 is 1.26 bits per heavy atom. The number of carbonyl (C=O) groups is 2. The largest absolute Gasteiger partial charge is 0.380 e. The number of hydrogen-bond donors (Lipinski definition) is 1. The number of aliphatic hydroxyl groups is 1. The topological polar surface area (TPSA) is 72.8 Å². The molecule has 0 amide bonds. The summed E-state index contributed by atoms with van der Waals surface area (Å²) in [4.78, 5) is 27.6. The van der Waals surface area contributed by atoms with Crippen LogP contribution in [-0.2, 0) is 19.1 Å². The summed E-state index contributed by atoms with van der Waals surface area (Å²) < 4.78 is 10.9. The van der Waals surface area contributed by atoms with Crippen molar-refractivity contribution in [1.29, 1.82) is 0 Å². The lowest BCUT2D eigenvalue weighted by Crippen LogP contribution is -2.63. The summed E-state index contributed by atoms with van der Waals surface area (Å²) in [5.74, 6) is -0.378. The highest BCUT2D eigenvalue weighted by atomic mass is 16.5. The summed E-state index contributed by atoms with van der Waals surface area (Å²) in [6, 6.07) is 0. The van der Waals surface area contributed by atoms with Crippen LogP contribution < -0.4 is 0 Å². The van der Waals surface area contributed by atoms with Crippen LogP contribution in [-0.4, -0.2) is 49.2 Å². The third-order valence-corrected chi connectivity index (χ3v) is 8.05. The van der Waals surface area contributed by atoms with Crippen LogP contribution in [0, 0.1) is 34.5 Å². The fourth-order valence-electron chi connectivity index (χ4n) is 6.72. The fourth-order valence-corrected chi connectivity index (χ4v) is 6.72. The van der Waals surface area contributed by atoms with Gasteiger partial charge in [0.05, 0.1) is 12.0 Å². The highest BCUT2D eigenvalue weighted by Gasteiger charge is 2.76. The van der Waals surface area contributed by atoms with Crippen molar-refractivity contribution in [1.82, 2.24) is 0 Å². The van der Waals surface area contributed by atoms with Crippen LogP contribution in [0.15, 0.2) is 23.3 Å². The molecule has 0 heterocycles. The SMILES string of the molecule is COCC1=C[C@@H]2C(=O)[C@]3(C=C(C)[C@H](OC)[C@@]3(O)C1=O)[C@H](C)C[C@@H]1[C@H]2C1(C)C. The van der Waals surface area contributed by atoms with E-state index in [1.54, 1.807) is 6.08 Å². The van der Waals surface area contributed by atoms with E-state index in [-0.39, 0.29) is 35.6 Å². The summed E-state index contributed by atoms with van der Waals surface area (Å²) in [6.45, 7) is 8.34. The quantitative estimate of drug-likeness (QED) is 0.768. The van der Waals surface area contributed by atoms with E-state index in [9.17, 15) is 14.7 Å². The standard InChI is InChI=1S/C22H30O5/c1-11-9-21-12(2)7-15-16(20(15,3)4)14(18(21)24)8-13(10-26-5)17(23)22(21,25)19(11)27-6/h8-9,12,14-16,19,25H,7,10H2,1-6H3/t12-,14+,15-,16+,19+,21+,22+/m1/s1. The lowest BCUT2D eigenvalue weighted by Gasteiger charge is -2.45. The van der Waals surface area contributed by atoms with Crippen molar-refractivity contribution in [2.24, 2.45) is 34.5 Å². The molecule has 0 saturated heterocycles. The predicted octanol–water partition coefficient (Wildman–Crippen LogP) is 2.33. The van der Waals surface area contributed by atoms with Crippen LogP contribution in [0.5, 0.6) is 0 Å². The van der Waals surface area contributed by atoms with Crippen molar-refractivity contribution < 1.29 is 24.2 Å². The van der Waals surface area contributed by atoms with Crippen LogP contribution in [0.4, 0.5) is 0 Å². The van der Waals surface area contributed by atoms with Gasteiger partial charge in [0.2, 0.25) is 0 Å². The molecule has 5 nitrogen and oxygen atoms in total. The Morgan fingerprint density at radius 2 is 1.93 bits per heavy atom. The molecule has 7 atom stereocenters. The molecule has 0 aromatic carbocycles. The summed E-state index contributed by atoms with van der Waals surface area (Å²) in [6.07, 6.45) is 3.65. The van der Waals surface area contributed by atoms with Gasteiger partial charge in [-0.3, -0.25) is 9.59 Å². The summed E-state index contributed by atoms with van der Waals surface area (Å²) >= 11 is 0.